The largest absolute Gasteiger partial charge is 0.504 e. The van der Waals surface area contributed by atoms with Crippen LogP contribution >= 0.6 is 0 Å². The van der Waals surface area contributed by atoms with E-state index in [1.807, 2.05) is 0 Å². The minimum atomic E-state index is -0.137. The smallest absolute Gasteiger partial charge is 0.172 e. The first-order valence-electron chi connectivity index (χ1n) is 4.82. The molecule has 1 saturated carbocycles. The average molecular weight is 192 g/mol. The lowest BCUT2D eigenvalue weighted by Gasteiger charge is -2.07. The summed E-state index contributed by atoms with van der Waals surface area (Å²) in [6, 6.07) is 0. The van der Waals surface area contributed by atoms with Gasteiger partial charge < -0.3 is 5.11 Å². The van der Waals surface area contributed by atoms with Crippen LogP contribution in [0, 0.1) is 0 Å². The third-order valence-electron chi connectivity index (χ3n) is 2.65. The van der Waals surface area contributed by atoms with Crippen molar-refractivity contribution in [3.8, 4) is 5.75 Å². The average Bonchev–Trinajstić information content (AvgIpc) is 2.71. The summed E-state index contributed by atoms with van der Waals surface area (Å²) in [5.41, 5.74) is 0.0990. The molecule has 0 unspecified atom stereocenters. The number of hydrogen-bond donors (Lipinski definition) is 1. The third kappa shape index (κ3) is 1.60. The summed E-state index contributed by atoms with van der Waals surface area (Å²) in [7, 11) is 0. The van der Waals surface area contributed by atoms with Crippen LogP contribution in [0.15, 0.2) is 6.20 Å². The maximum absolute atomic E-state index is 10.5. The van der Waals surface area contributed by atoms with Crippen molar-refractivity contribution in [3.63, 3.8) is 0 Å². The van der Waals surface area contributed by atoms with Gasteiger partial charge in [0.25, 0.3) is 0 Å². The van der Waals surface area contributed by atoms with E-state index >= 15 is 0 Å². The third-order valence-corrected chi connectivity index (χ3v) is 2.65. The number of aromatic hydroxyl groups is 1. The van der Waals surface area contributed by atoms with Gasteiger partial charge >= 0.3 is 0 Å². The number of nitrogens with zero attached hydrogens (tertiary/aromatic N) is 2. The molecule has 0 saturated heterocycles. The van der Waals surface area contributed by atoms with Crippen LogP contribution in [0.1, 0.15) is 47.9 Å². The van der Waals surface area contributed by atoms with Crippen molar-refractivity contribution in [2.24, 2.45) is 0 Å². The fourth-order valence-corrected chi connectivity index (χ4v) is 1.87. The second-order valence-corrected chi connectivity index (χ2v) is 3.60. The van der Waals surface area contributed by atoms with Crippen molar-refractivity contribution in [1.29, 1.82) is 0 Å². The lowest BCUT2D eigenvalue weighted by Crippen LogP contribution is -2.02. The number of carbonyl (C=O) groups excluding carboxylic acids is 1. The highest BCUT2D eigenvalue weighted by molar-refractivity contribution is 5.75. The van der Waals surface area contributed by atoms with Crippen LogP contribution in [0.3, 0.4) is 0 Å². The molecule has 0 bridgehead atoms. The van der Waals surface area contributed by atoms with Crippen molar-refractivity contribution in [3.05, 3.63) is 17.7 Å². The van der Waals surface area contributed by atoms with Gasteiger partial charge in [-0.15, -0.1) is 0 Å². The minimum absolute atomic E-state index is 0.0990. The van der Waals surface area contributed by atoms with Gasteiger partial charge in [-0.05, 0) is 12.8 Å². The Bertz CT molecular complexity index is 346. The molecule has 14 heavy (non-hydrogen) atoms. The van der Waals surface area contributed by atoms with Gasteiger partial charge in [-0.25, -0.2) is 9.97 Å². The van der Waals surface area contributed by atoms with Gasteiger partial charge in [-0.3, -0.25) is 4.79 Å². The summed E-state index contributed by atoms with van der Waals surface area (Å²) < 4.78 is 0. The van der Waals surface area contributed by atoms with Crippen molar-refractivity contribution < 1.29 is 9.90 Å². The van der Waals surface area contributed by atoms with E-state index in [4.69, 9.17) is 0 Å². The zero-order chi connectivity index (χ0) is 9.97. The van der Waals surface area contributed by atoms with Crippen molar-refractivity contribution in [2.75, 3.05) is 0 Å². The Morgan fingerprint density at radius 1 is 1.43 bits per heavy atom. The second-order valence-electron chi connectivity index (χ2n) is 3.60. The van der Waals surface area contributed by atoms with Crippen molar-refractivity contribution in [1.82, 2.24) is 9.97 Å². The highest BCUT2D eigenvalue weighted by Crippen LogP contribution is 2.32. The Kier molecular flexibility index (Phi) is 2.43. The van der Waals surface area contributed by atoms with Crippen LogP contribution in [0.4, 0.5) is 0 Å². The number of aldehydes is 1. The molecule has 0 atom stereocenters. The SMILES string of the molecule is O=Cc1nc(C2CCCC2)ncc1O. The van der Waals surface area contributed by atoms with E-state index in [9.17, 15) is 9.90 Å². The van der Waals surface area contributed by atoms with Crippen LogP contribution < -0.4 is 0 Å². The molecule has 4 heteroatoms. The Balaban J connectivity index is 2.30. The van der Waals surface area contributed by atoms with Crippen LogP contribution in [-0.2, 0) is 0 Å². The molecular formula is C10H12N2O2. The highest BCUT2D eigenvalue weighted by Gasteiger charge is 2.20. The molecule has 1 aromatic heterocycles. The summed E-state index contributed by atoms with van der Waals surface area (Å²) in [6.07, 6.45) is 6.45. The quantitative estimate of drug-likeness (QED) is 0.724. The van der Waals surface area contributed by atoms with E-state index in [1.165, 1.54) is 19.0 Å². The molecular weight excluding hydrogens is 180 g/mol. The minimum Gasteiger partial charge on any atom is -0.504 e. The monoisotopic (exact) mass is 192 g/mol. The Hall–Kier alpha value is -1.45. The molecule has 2 rings (SSSR count). The van der Waals surface area contributed by atoms with Gasteiger partial charge in [-0.2, -0.15) is 0 Å². The summed E-state index contributed by atoms with van der Waals surface area (Å²) in [5.74, 6) is 0.929. The van der Waals surface area contributed by atoms with E-state index in [-0.39, 0.29) is 11.4 Å². The van der Waals surface area contributed by atoms with E-state index < -0.39 is 0 Å². The van der Waals surface area contributed by atoms with Gasteiger partial charge in [0.1, 0.15) is 11.5 Å². The van der Waals surface area contributed by atoms with Gasteiger partial charge in [0, 0.05) is 5.92 Å². The van der Waals surface area contributed by atoms with Crippen molar-refractivity contribution in [2.45, 2.75) is 31.6 Å². The normalized spacial score (nSPS) is 17.1. The molecule has 0 spiro atoms. The Morgan fingerprint density at radius 2 is 2.14 bits per heavy atom. The summed E-state index contributed by atoms with van der Waals surface area (Å²) >= 11 is 0. The molecule has 4 nitrogen and oxygen atoms in total. The standard InChI is InChI=1S/C10H12N2O2/c13-6-8-9(14)5-11-10(12-8)7-3-1-2-4-7/h5-7,14H,1-4H2. The number of hydrogen-bond acceptors (Lipinski definition) is 4. The topological polar surface area (TPSA) is 63.1 Å². The van der Waals surface area contributed by atoms with E-state index in [1.54, 1.807) is 0 Å². The van der Waals surface area contributed by atoms with Crippen LogP contribution in [0.5, 0.6) is 5.75 Å². The molecule has 1 N–H and O–H groups in total. The first kappa shape index (κ1) is 9.12. The molecule has 74 valence electrons. The van der Waals surface area contributed by atoms with E-state index in [0.29, 0.717) is 18.0 Å². The number of carbonyl (C=O) groups is 1. The molecule has 0 aromatic carbocycles. The van der Waals surface area contributed by atoms with E-state index in [2.05, 4.69) is 9.97 Å². The van der Waals surface area contributed by atoms with E-state index in [0.717, 1.165) is 12.8 Å². The first-order chi connectivity index (χ1) is 6.81. The van der Waals surface area contributed by atoms with Gasteiger partial charge in [0.05, 0.1) is 6.20 Å². The van der Waals surface area contributed by atoms with Crippen LogP contribution in [-0.4, -0.2) is 21.4 Å². The summed E-state index contributed by atoms with van der Waals surface area (Å²) in [6.45, 7) is 0. The van der Waals surface area contributed by atoms with Gasteiger partial charge in [-0.1, -0.05) is 12.8 Å². The maximum atomic E-state index is 10.5. The fourth-order valence-electron chi connectivity index (χ4n) is 1.87. The van der Waals surface area contributed by atoms with Crippen molar-refractivity contribution >= 4 is 6.29 Å². The summed E-state index contributed by atoms with van der Waals surface area (Å²) in [5, 5.41) is 9.22. The second kappa shape index (κ2) is 3.74. The molecule has 1 aliphatic carbocycles. The van der Waals surface area contributed by atoms with Gasteiger partial charge in [0.15, 0.2) is 12.0 Å². The molecule has 0 amide bonds. The molecule has 1 fully saturated rings. The van der Waals surface area contributed by atoms with Crippen LogP contribution in [0.25, 0.3) is 0 Å². The maximum Gasteiger partial charge on any atom is 0.172 e. The lowest BCUT2D eigenvalue weighted by molar-refractivity contribution is 0.111. The first-order valence-corrected chi connectivity index (χ1v) is 4.82. The summed E-state index contributed by atoms with van der Waals surface area (Å²) in [4.78, 5) is 18.6. The molecule has 1 aliphatic rings. The molecule has 0 radical (unpaired) electrons. The zero-order valence-electron chi connectivity index (χ0n) is 7.81. The molecule has 0 aliphatic heterocycles. The molecule has 1 aromatic rings. The van der Waals surface area contributed by atoms with Crippen LogP contribution in [0.2, 0.25) is 0 Å². The fraction of sp³-hybridized carbons (Fsp3) is 0.500. The van der Waals surface area contributed by atoms with Gasteiger partial charge in [0.2, 0.25) is 0 Å². The highest BCUT2D eigenvalue weighted by atomic mass is 16.3. The Morgan fingerprint density at radius 3 is 2.79 bits per heavy atom. The predicted molar refractivity (Wildman–Crippen MR) is 50.3 cm³/mol. The lowest BCUT2D eigenvalue weighted by atomic mass is 10.1. The predicted octanol–water partition coefficient (Wildman–Crippen LogP) is 1.65. The number of rotatable bonds is 2. The zero-order valence-corrected chi connectivity index (χ0v) is 7.81. The molecule has 1 heterocycles. The number of aromatic nitrogens is 2. The Labute approximate surface area is 82.0 Å².